The minimum atomic E-state index is -0.340. The van der Waals surface area contributed by atoms with Gasteiger partial charge in [-0.25, -0.2) is 14.4 Å². The summed E-state index contributed by atoms with van der Waals surface area (Å²) in [4.78, 5) is 15.6. The van der Waals surface area contributed by atoms with Gasteiger partial charge < -0.3 is 9.72 Å². The maximum atomic E-state index is 14.8. The highest BCUT2D eigenvalue weighted by atomic mass is 19.1. The minimum Gasteiger partial charge on any atom is -0.492 e. The van der Waals surface area contributed by atoms with E-state index in [1.54, 1.807) is 10.9 Å². The number of nitrogens with zero attached hydrogens (tertiary/aromatic N) is 6. The van der Waals surface area contributed by atoms with E-state index in [1.807, 2.05) is 50.5 Å². The molecule has 6 aromatic rings. The Morgan fingerprint density at radius 2 is 1.88 bits per heavy atom. The number of halogens is 1. The molecule has 5 heterocycles. The van der Waals surface area contributed by atoms with E-state index in [0.29, 0.717) is 29.4 Å². The first-order chi connectivity index (χ1) is 19.5. The highest BCUT2D eigenvalue weighted by molar-refractivity contribution is 5.97. The van der Waals surface area contributed by atoms with E-state index in [4.69, 9.17) is 14.7 Å². The van der Waals surface area contributed by atoms with E-state index in [2.05, 4.69) is 25.2 Å². The summed E-state index contributed by atoms with van der Waals surface area (Å²) in [6.45, 7) is 5.59. The molecule has 40 heavy (non-hydrogen) atoms. The summed E-state index contributed by atoms with van der Waals surface area (Å²) in [6.07, 6.45) is 6.17. The Hall–Kier alpha value is -4.57. The highest BCUT2D eigenvalue weighted by Crippen LogP contribution is 2.35. The molecule has 4 aromatic heterocycles. The number of pyridine rings is 1. The zero-order valence-corrected chi connectivity index (χ0v) is 22.4. The van der Waals surface area contributed by atoms with E-state index in [9.17, 15) is 4.39 Å². The van der Waals surface area contributed by atoms with Crippen LogP contribution in [0.1, 0.15) is 18.4 Å². The standard InChI is InChI=1S/C30H29FN8O/c1-18-5-6-23(19-13-21(31)15-22(14-19)40-12-11-39-9-3-4-10-39)27-26(18)34-30(35-27)29-28-25(36-37-29)8-7-24(33-28)20-16-32-38(2)17-20/h5-8,13-17H,3-4,9-12H2,1-2H3,(H,34,35)(H,36,37). The lowest BCUT2D eigenvalue weighted by atomic mass is 10.0. The zero-order valence-electron chi connectivity index (χ0n) is 22.4. The van der Waals surface area contributed by atoms with E-state index in [-0.39, 0.29) is 5.82 Å². The summed E-state index contributed by atoms with van der Waals surface area (Å²) in [5, 5.41) is 11.9. The van der Waals surface area contributed by atoms with E-state index in [0.717, 1.165) is 64.1 Å². The van der Waals surface area contributed by atoms with Crippen LogP contribution in [0.15, 0.2) is 54.9 Å². The van der Waals surface area contributed by atoms with Gasteiger partial charge in [-0.15, -0.1) is 0 Å². The Kier molecular flexibility index (Phi) is 6.04. The van der Waals surface area contributed by atoms with Crippen LogP contribution in [0.3, 0.4) is 0 Å². The van der Waals surface area contributed by atoms with E-state index in [1.165, 1.54) is 25.0 Å². The van der Waals surface area contributed by atoms with Crippen molar-refractivity contribution >= 4 is 22.1 Å². The topological polar surface area (TPSA) is 101 Å². The van der Waals surface area contributed by atoms with Crippen molar-refractivity contribution < 1.29 is 9.13 Å². The summed E-state index contributed by atoms with van der Waals surface area (Å²) in [5.41, 5.74) is 8.02. The molecule has 0 radical (unpaired) electrons. The zero-order chi connectivity index (χ0) is 27.2. The number of ether oxygens (including phenoxy) is 1. The summed E-state index contributed by atoms with van der Waals surface area (Å²) < 4.78 is 22.5. The Labute approximate surface area is 230 Å². The second-order valence-electron chi connectivity index (χ2n) is 10.4. The van der Waals surface area contributed by atoms with Crippen LogP contribution in [0.5, 0.6) is 5.75 Å². The number of fused-ring (bicyclic) bond motifs is 2. The number of hydrogen-bond donors (Lipinski definition) is 2. The van der Waals surface area contributed by atoms with Gasteiger partial charge in [-0.05, 0) is 68.2 Å². The van der Waals surface area contributed by atoms with Gasteiger partial charge in [0.1, 0.15) is 23.7 Å². The molecule has 0 atom stereocenters. The fraction of sp³-hybridized carbons (Fsp3) is 0.267. The van der Waals surface area contributed by atoms with Crippen LogP contribution in [0.4, 0.5) is 4.39 Å². The van der Waals surface area contributed by atoms with Crippen LogP contribution < -0.4 is 4.74 Å². The van der Waals surface area contributed by atoms with Gasteiger partial charge in [0.15, 0.2) is 11.5 Å². The number of aryl methyl sites for hydroxylation is 2. The number of imidazole rings is 1. The molecule has 0 spiro atoms. The summed E-state index contributed by atoms with van der Waals surface area (Å²) in [5.74, 6) is 0.770. The third kappa shape index (κ3) is 4.50. The fourth-order valence-corrected chi connectivity index (χ4v) is 5.46. The molecular formula is C30H29FN8O. The second-order valence-corrected chi connectivity index (χ2v) is 10.4. The van der Waals surface area contributed by atoms with E-state index >= 15 is 0 Å². The number of likely N-dealkylation sites (tertiary alicyclic amines) is 1. The monoisotopic (exact) mass is 536 g/mol. The lowest BCUT2D eigenvalue weighted by Crippen LogP contribution is -2.25. The number of hydrogen-bond acceptors (Lipinski definition) is 6. The van der Waals surface area contributed by atoms with Crippen molar-refractivity contribution in [2.45, 2.75) is 19.8 Å². The van der Waals surface area contributed by atoms with Gasteiger partial charge in [-0.1, -0.05) is 12.1 Å². The second kappa shape index (κ2) is 9.87. The van der Waals surface area contributed by atoms with Crippen molar-refractivity contribution in [2.24, 2.45) is 7.05 Å². The summed E-state index contributed by atoms with van der Waals surface area (Å²) >= 11 is 0. The first kappa shape index (κ1) is 24.5. The van der Waals surface area contributed by atoms with Gasteiger partial charge >= 0.3 is 0 Å². The van der Waals surface area contributed by atoms with Crippen LogP contribution in [0, 0.1) is 12.7 Å². The molecule has 1 aliphatic rings. The predicted molar refractivity (Wildman–Crippen MR) is 152 cm³/mol. The maximum absolute atomic E-state index is 14.8. The Morgan fingerprint density at radius 1 is 1.00 bits per heavy atom. The number of aromatic amines is 2. The number of H-pyrrole nitrogens is 2. The third-order valence-electron chi connectivity index (χ3n) is 7.54. The molecule has 0 unspecified atom stereocenters. The summed E-state index contributed by atoms with van der Waals surface area (Å²) in [7, 11) is 1.88. The molecule has 0 amide bonds. The molecule has 0 saturated carbocycles. The van der Waals surface area contributed by atoms with Crippen molar-refractivity contribution in [2.75, 3.05) is 26.2 Å². The maximum Gasteiger partial charge on any atom is 0.161 e. The predicted octanol–water partition coefficient (Wildman–Crippen LogP) is 5.49. The molecule has 9 nitrogen and oxygen atoms in total. The highest BCUT2D eigenvalue weighted by Gasteiger charge is 2.19. The van der Waals surface area contributed by atoms with Gasteiger partial charge in [0.25, 0.3) is 0 Å². The van der Waals surface area contributed by atoms with E-state index < -0.39 is 0 Å². The fourth-order valence-electron chi connectivity index (χ4n) is 5.46. The molecule has 202 valence electrons. The van der Waals surface area contributed by atoms with Crippen LogP contribution in [-0.4, -0.2) is 66.1 Å². The third-order valence-corrected chi connectivity index (χ3v) is 7.54. The van der Waals surface area contributed by atoms with Crippen LogP contribution in [-0.2, 0) is 7.05 Å². The van der Waals surface area contributed by atoms with Gasteiger partial charge in [0, 0.05) is 37.0 Å². The largest absolute Gasteiger partial charge is 0.492 e. The number of nitrogens with one attached hydrogen (secondary N) is 2. The van der Waals surface area contributed by atoms with Crippen LogP contribution in [0.2, 0.25) is 0 Å². The number of rotatable bonds is 7. The molecule has 0 bridgehead atoms. The average molecular weight is 537 g/mol. The van der Waals surface area contributed by atoms with Crippen molar-refractivity contribution in [1.29, 1.82) is 0 Å². The lowest BCUT2D eigenvalue weighted by Gasteiger charge is -2.15. The Morgan fingerprint density at radius 3 is 2.70 bits per heavy atom. The molecule has 1 fully saturated rings. The van der Waals surface area contributed by atoms with Crippen molar-refractivity contribution in [1.82, 2.24) is 39.8 Å². The van der Waals surface area contributed by atoms with Crippen molar-refractivity contribution in [3.63, 3.8) is 0 Å². The minimum absolute atomic E-state index is 0.340. The molecule has 1 aliphatic heterocycles. The number of aromatic nitrogens is 7. The number of benzene rings is 2. The first-order valence-electron chi connectivity index (χ1n) is 13.5. The summed E-state index contributed by atoms with van der Waals surface area (Å²) in [6, 6.07) is 12.8. The molecule has 1 saturated heterocycles. The van der Waals surface area contributed by atoms with Crippen LogP contribution in [0.25, 0.3) is 56.0 Å². The quantitative estimate of drug-likeness (QED) is 0.280. The normalized spacial score (nSPS) is 14.1. The molecule has 2 aromatic carbocycles. The first-order valence-corrected chi connectivity index (χ1v) is 13.5. The SMILES string of the molecule is Cc1ccc(-c2cc(F)cc(OCCN3CCCC3)c2)c2[nH]c(-c3n[nH]c4ccc(-c5cnn(C)c5)nc34)nc12. The van der Waals surface area contributed by atoms with Crippen molar-refractivity contribution in [3.8, 4) is 39.7 Å². The molecular weight excluding hydrogens is 507 g/mol. The molecule has 0 aliphatic carbocycles. The van der Waals surface area contributed by atoms with Gasteiger partial charge in [0.05, 0.1) is 28.4 Å². The van der Waals surface area contributed by atoms with Crippen LogP contribution >= 0.6 is 0 Å². The Bertz CT molecular complexity index is 1850. The molecule has 7 rings (SSSR count). The van der Waals surface area contributed by atoms with Gasteiger partial charge in [0.2, 0.25) is 0 Å². The average Bonchev–Trinajstić information content (AvgIpc) is 3.75. The van der Waals surface area contributed by atoms with Crippen molar-refractivity contribution in [3.05, 3.63) is 66.2 Å². The van der Waals surface area contributed by atoms with Gasteiger partial charge in [-0.2, -0.15) is 10.2 Å². The molecule has 2 N–H and O–H groups in total. The molecule has 10 heteroatoms. The lowest BCUT2D eigenvalue weighted by molar-refractivity contribution is 0.237. The Balaban J connectivity index is 1.25. The van der Waals surface area contributed by atoms with Gasteiger partial charge in [-0.3, -0.25) is 14.7 Å². The smallest absolute Gasteiger partial charge is 0.161 e.